The third-order valence-corrected chi connectivity index (χ3v) is 3.54. The minimum Gasteiger partial charge on any atom is -0.486 e. The molecule has 1 aliphatic heterocycles. The Labute approximate surface area is 108 Å². The summed E-state index contributed by atoms with van der Waals surface area (Å²) >= 11 is 0. The van der Waals surface area contributed by atoms with Crippen LogP contribution in [0.3, 0.4) is 0 Å². The standard InChI is InChI=1S/C14H21NO3/c1-14(2,6-7-16)15(3)11-4-5-12-13(10-11)18-9-8-17-12/h4-5,10,16H,6-9H2,1-3H3. The van der Waals surface area contributed by atoms with E-state index in [1.165, 1.54) is 0 Å². The summed E-state index contributed by atoms with van der Waals surface area (Å²) < 4.78 is 11.1. The van der Waals surface area contributed by atoms with E-state index in [-0.39, 0.29) is 12.1 Å². The largest absolute Gasteiger partial charge is 0.486 e. The zero-order chi connectivity index (χ0) is 13.2. The topological polar surface area (TPSA) is 41.9 Å². The Morgan fingerprint density at radius 1 is 1.22 bits per heavy atom. The van der Waals surface area contributed by atoms with Crippen molar-refractivity contribution in [3.05, 3.63) is 18.2 Å². The van der Waals surface area contributed by atoms with Crippen molar-refractivity contribution in [1.29, 1.82) is 0 Å². The molecule has 1 N–H and O–H groups in total. The average Bonchev–Trinajstić information content (AvgIpc) is 2.37. The molecule has 1 aliphatic rings. The fraction of sp³-hybridized carbons (Fsp3) is 0.571. The van der Waals surface area contributed by atoms with Crippen LogP contribution in [0, 0.1) is 0 Å². The number of aliphatic hydroxyl groups is 1. The molecule has 0 bridgehead atoms. The maximum atomic E-state index is 9.12. The SMILES string of the molecule is CN(c1ccc2c(c1)OCCO2)C(C)(C)CCO. The number of benzene rings is 1. The van der Waals surface area contributed by atoms with Gasteiger partial charge in [-0.15, -0.1) is 0 Å². The van der Waals surface area contributed by atoms with Gasteiger partial charge in [0.1, 0.15) is 13.2 Å². The maximum absolute atomic E-state index is 9.12. The Morgan fingerprint density at radius 3 is 2.56 bits per heavy atom. The summed E-state index contributed by atoms with van der Waals surface area (Å²) in [6, 6.07) is 5.95. The van der Waals surface area contributed by atoms with Crippen LogP contribution in [0.2, 0.25) is 0 Å². The Balaban J connectivity index is 2.23. The normalized spacial score (nSPS) is 14.4. The molecular weight excluding hydrogens is 230 g/mol. The average molecular weight is 251 g/mol. The molecule has 4 nitrogen and oxygen atoms in total. The monoisotopic (exact) mass is 251 g/mol. The first-order valence-electron chi connectivity index (χ1n) is 6.29. The fourth-order valence-electron chi connectivity index (χ4n) is 2.03. The highest BCUT2D eigenvalue weighted by Gasteiger charge is 2.24. The predicted molar refractivity (Wildman–Crippen MR) is 71.6 cm³/mol. The van der Waals surface area contributed by atoms with Crippen LogP contribution in [-0.2, 0) is 0 Å². The summed E-state index contributed by atoms with van der Waals surface area (Å²) in [5.74, 6) is 1.60. The van der Waals surface area contributed by atoms with Gasteiger partial charge in [-0.1, -0.05) is 0 Å². The lowest BCUT2D eigenvalue weighted by atomic mass is 9.98. The Bertz CT molecular complexity index is 418. The van der Waals surface area contributed by atoms with Crippen molar-refractivity contribution in [2.75, 3.05) is 31.8 Å². The van der Waals surface area contributed by atoms with Crippen molar-refractivity contribution in [2.45, 2.75) is 25.8 Å². The number of anilines is 1. The summed E-state index contributed by atoms with van der Waals surface area (Å²) in [5.41, 5.74) is 0.969. The lowest BCUT2D eigenvalue weighted by Gasteiger charge is -2.37. The molecule has 0 aliphatic carbocycles. The summed E-state index contributed by atoms with van der Waals surface area (Å²) in [6.45, 7) is 5.61. The van der Waals surface area contributed by atoms with Crippen LogP contribution in [-0.4, -0.2) is 37.5 Å². The van der Waals surface area contributed by atoms with Crippen LogP contribution in [0.1, 0.15) is 20.3 Å². The Morgan fingerprint density at radius 2 is 1.89 bits per heavy atom. The highest BCUT2D eigenvalue weighted by Crippen LogP contribution is 2.35. The van der Waals surface area contributed by atoms with E-state index in [9.17, 15) is 0 Å². The van der Waals surface area contributed by atoms with Gasteiger partial charge >= 0.3 is 0 Å². The van der Waals surface area contributed by atoms with Crippen molar-refractivity contribution in [1.82, 2.24) is 0 Å². The van der Waals surface area contributed by atoms with Gasteiger partial charge in [0.15, 0.2) is 11.5 Å². The van der Waals surface area contributed by atoms with Crippen molar-refractivity contribution in [2.24, 2.45) is 0 Å². The van der Waals surface area contributed by atoms with Gasteiger partial charge in [0.2, 0.25) is 0 Å². The van der Waals surface area contributed by atoms with Gasteiger partial charge in [0.05, 0.1) is 0 Å². The molecule has 0 saturated carbocycles. The van der Waals surface area contributed by atoms with Crippen molar-refractivity contribution < 1.29 is 14.6 Å². The summed E-state index contributed by atoms with van der Waals surface area (Å²) in [7, 11) is 2.03. The molecule has 0 aromatic heterocycles. The number of nitrogens with zero attached hydrogens (tertiary/aromatic N) is 1. The summed E-state index contributed by atoms with van der Waals surface area (Å²) in [5, 5.41) is 9.12. The molecule has 1 aromatic carbocycles. The van der Waals surface area contributed by atoms with Gasteiger partial charge in [0.25, 0.3) is 0 Å². The first kappa shape index (κ1) is 13.0. The number of ether oxygens (including phenoxy) is 2. The molecule has 0 fully saturated rings. The lowest BCUT2D eigenvalue weighted by Crippen LogP contribution is -2.42. The molecule has 0 amide bonds. The van der Waals surface area contributed by atoms with E-state index in [4.69, 9.17) is 14.6 Å². The maximum Gasteiger partial charge on any atom is 0.163 e. The fourth-order valence-corrected chi connectivity index (χ4v) is 2.03. The number of hydrogen-bond donors (Lipinski definition) is 1. The zero-order valence-corrected chi connectivity index (χ0v) is 11.3. The van der Waals surface area contributed by atoms with Crippen LogP contribution in [0.15, 0.2) is 18.2 Å². The summed E-state index contributed by atoms with van der Waals surface area (Å²) in [4.78, 5) is 2.15. The van der Waals surface area contributed by atoms with Gasteiger partial charge in [0, 0.05) is 30.9 Å². The second-order valence-corrected chi connectivity index (χ2v) is 5.17. The molecule has 100 valence electrons. The van der Waals surface area contributed by atoms with Crippen molar-refractivity contribution in [3.8, 4) is 11.5 Å². The van der Waals surface area contributed by atoms with Gasteiger partial charge < -0.3 is 19.5 Å². The first-order chi connectivity index (χ1) is 8.54. The van der Waals surface area contributed by atoms with Crippen LogP contribution in [0.4, 0.5) is 5.69 Å². The van der Waals surface area contributed by atoms with Gasteiger partial charge in [-0.3, -0.25) is 0 Å². The van der Waals surface area contributed by atoms with E-state index in [0.29, 0.717) is 13.2 Å². The van der Waals surface area contributed by atoms with Crippen LogP contribution < -0.4 is 14.4 Å². The zero-order valence-electron chi connectivity index (χ0n) is 11.3. The molecule has 2 rings (SSSR count). The van der Waals surface area contributed by atoms with E-state index < -0.39 is 0 Å². The van der Waals surface area contributed by atoms with Crippen LogP contribution in [0.5, 0.6) is 11.5 Å². The first-order valence-corrected chi connectivity index (χ1v) is 6.29. The summed E-state index contributed by atoms with van der Waals surface area (Å²) in [6.07, 6.45) is 0.720. The third kappa shape index (κ3) is 2.53. The van der Waals surface area contributed by atoms with E-state index in [0.717, 1.165) is 23.6 Å². The minimum absolute atomic E-state index is 0.0987. The predicted octanol–water partition coefficient (Wildman–Crippen LogP) is 2.06. The highest BCUT2D eigenvalue weighted by atomic mass is 16.6. The smallest absolute Gasteiger partial charge is 0.163 e. The Hall–Kier alpha value is -1.42. The van der Waals surface area contributed by atoms with Gasteiger partial charge in [-0.05, 0) is 32.4 Å². The van der Waals surface area contributed by atoms with Gasteiger partial charge in [-0.2, -0.15) is 0 Å². The van der Waals surface area contributed by atoms with Crippen molar-refractivity contribution >= 4 is 5.69 Å². The molecule has 1 heterocycles. The molecule has 0 spiro atoms. The molecule has 18 heavy (non-hydrogen) atoms. The molecule has 1 aromatic rings. The van der Waals surface area contributed by atoms with Crippen molar-refractivity contribution in [3.63, 3.8) is 0 Å². The Kier molecular flexibility index (Phi) is 3.66. The van der Waals surface area contributed by atoms with Gasteiger partial charge in [-0.25, -0.2) is 0 Å². The highest BCUT2D eigenvalue weighted by molar-refractivity contribution is 5.57. The molecular formula is C14H21NO3. The number of rotatable bonds is 4. The number of hydrogen-bond acceptors (Lipinski definition) is 4. The van der Waals surface area contributed by atoms with E-state index in [2.05, 4.69) is 18.7 Å². The molecule has 0 radical (unpaired) electrons. The second kappa shape index (κ2) is 5.06. The van der Waals surface area contributed by atoms with Crippen LogP contribution >= 0.6 is 0 Å². The molecule has 0 saturated heterocycles. The molecule has 4 heteroatoms. The second-order valence-electron chi connectivity index (χ2n) is 5.17. The van der Waals surface area contributed by atoms with Crippen LogP contribution in [0.25, 0.3) is 0 Å². The lowest BCUT2D eigenvalue weighted by molar-refractivity contribution is 0.171. The minimum atomic E-state index is -0.0987. The molecule has 0 unspecified atom stereocenters. The third-order valence-electron chi connectivity index (χ3n) is 3.54. The van der Waals surface area contributed by atoms with E-state index in [1.807, 2.05) is 25.2 Å². The quantitative estimate of drug-likeness (QED) is 0.889. The number of fused-ring (bicyclic) bond motifs is 1. The van der Waals surface area contributed by atoms with E-state index >= 15 is 0 Å². The number of aliphatic hydroxyl groups excluding tert-OH is 1. The van der Waals surface area contributed by atoms with E-state index in [1.54, 1.807) is 0 Å². The molecule has 0 atom stereocenters.